The fraction of sp³-hybridized carbons (Fsp3) is 0.0556. The van der Waals surface area contributed by atoms with Gasteiger partial charge >= 0.3 is 0 Å². The van der Waals surface area contributed by atoms with Gasteiger partial charge in [0, 0.05) is 27.7 Å². The second-order valence-electron chi connectivity index (χ2n) is 5.46. The fourth-order valence-corrected chi connectivity index (χ4v) is 3.71. The Hall–Kier alpha value is -2.28. The molecule has 4 aromatic rings. The molecule has 26 heavy (non-hydrogen) atoms. The van der Waals surface area contributed by atoms with E-state index in [4.69, 9.17) is 27.6 Å². The molecule has 0 saturated heterocycles. The third-order valence-corrected chi connectivity index (χ3v) is 5.15. The molecule has 130 valence electrons. The molecule has 1 N–H and O–H groups in total. The maximum Gasteiger partial charge on any atom is 0.277 e. The van der Waals surface area contributed by atoms with Crippen molar-refractivity contribution < 1.29 is 9.21 Å². The first kappa shape index (κ1) is 17.1. The molecule has 5 nitrogen and oxygen atoms in total. The first-order chi connectivity index (χ1) is 12.6. The molecule has 0 saturated carbocycles. The summed E-state index contributed by atoms with van der Waals surface area (Å²) < 4.78 is 5.69. The molecule has 0 atom stereocenters. The minimum absolute atomic E-state index is 0.136. The van der Waals surface area contributed by atoms with Crippen LogP contribution in [-0.2, 0) is 0 Å². The van der Waals surface area contributed by atoms with Crippen molar-refractivity contribution in [1.29, 1.82) is 0 Å². The second kappa shape index (κ2) is 7.15. The lowest BCUT2D eigenvalue weighted by molar-refractivity contribution is 0.102. The van der Waals surface area contributed by atoms with E-state index >= 15 is 0 Å². The van der Waals surface area contributed by atoms with Gasteiger partial charge in [-0.25, -0.2) is 0 Å². The van der Waals surface area contributed by atoms with Crippen LogP contribution in [0.25, 0.3) is 22.4 Å². The number of Topliss-reactive ketones (excluding diaryl/α,β-unsaturated/α-hetero) is 1. The van der Waals surface area contributed by atoms with Crippen molar-refractivity contribution in [3.05, 3.63) is 64.3 Å². The number of hydrogen-bond acceptors (Lipinski definition) is 5. The molecule has 0 fully saturated rings. The fourth-order valence-electron chi connectivity index (χ4n) is 2.55. The highest BCUT2D eigenvalue weighted by Crippen LogP contribution is 2.30. The van der Waals surface area contributed by atoms with Gasteiger partial charge in [0.1, 0.15) is 0 Å². The topological polar surface area (TPSA) is 71.8 Å². The molecule has 0 spiro atoms. The Morgan fingerprint density at radius 3 is 2.85 bits per heavy atom. The number of ketones is 1. The molecular weight excluding hydrogens is 393 g/mol. The number of carbonyl (C=O) groups is 1. The maximum absolute atomic E-state index is 12.3. The average molecular weight is 404 g/mol. The predicted molar refractivity (Wildman–Crippen MR) is 103 cm³/mol. The van der Waals surface area contributed by atoms with Crippen LogP contribution in [0.3, 0.4) is 0 Å². The van der Waals surface area contributed by atoms with Crippen LogP contribution in [0.1, 0.15) is 10.4 Å². The molecule has 0 aliphatic rings. The van der Waals surface area contributed by atoms with Gasteiger partial charge in [0.25, 0.3) is 11.1 Å². The predicted octanol–water partition coefficient (Wildman–Crippen LogP) is 5.50. The molecule has 8 heteroatoms. The molecule has 2 aromatic carbocycles. The molecule has 0 aliphatic heterocycles. The molecule has 0 unspecified atom stereocenters. The number of para-hydroxylation sites is 1. The lowest BCUT2D eigenvalue weighted by Gasteiger charge is -2.02. The van der Waals surface area contributed by atoms with E-state index in [-0.39, 0.29) is 11.5 Å². The summed E-state index contributed by atoms with van der Waals surface area (Å²) in [5.41, 5.74) is 2.23. The number of thioether (sulfide) groups is 1. The monoisotopic (exact) mass is 403 g/mol. The molecule has 0 amide bonds. The smallest absolute Gasteiger partial charge is 0.277 e. The third kappa shape index (κ3) is 3.35. The van der Waals surface area contributed by atoms with Gasteiger partial charge in [0.2, 0.25) is 0 Å². The van der Waals surface area contributed by atoms with Gasteiger partial charge in [-0.05, 0) is 24.3 Å². The van der Waals surface area contributed by atoms with E-state index in [9.17, 15) is 4.79 Å². The van der Waals surface area contributed by atoms with Gasteiger partial charge in [-0.1, -0.05) is 53.2 Å². The number of benzene rings is 2. The van der Waals surface area contributed by atoms with Gasteiger partial charge in [-0.2, -0.15) is 0 Å². The summed E-state index contributed by atoms with van der Waals surface area (Å²) in [6.07, 6.45) is 1.82. The van der Waals surface area contributed by atoms with Crippen LogP contribution in [0.4, 0.5) is 0 Å². The molecule has 0 bridgehead atoms. The summed E-state index contributed by atoms with van der Waals surface area (Å²) in [4.78, 5) is 15.5. The van der Waals surface area contributed by atoms with Gasteiger partial charge < -0.3 is 9.40 Å². The average Bonchev–Trinajstić information content (AvgIpc) is 3.26. The van der Waals surface area contributed by atoms with E-state index < -0.39 is 0 Å². The van der Waals surface area contributed by atoms with Crippen LogP contribution < -0.4 is 0 Å². The quantitative estimate of drug-likeness (QED) is 0.351. The van der Waals surface area contributed by atoms with E-state index in [0.29, 0.717) is 26.7 Å². The Balaban J connectivity index is 1.49. The second-order valence-corrected chi connectivity index (χ2v) is 7.23. The minimum atomic E-state index is -0.136. The van der Waals surface area contributed by atoms with Crippen molar-refractivity contribution in [3.63, 3.8) is 0 Å². The van der Waals surface area contributed by atoms with Crippen LogP contribution in [0.15, 0.2) is 58.3 Å². The van der Waals surface area contributed by atoms with Crippen LogP contribution in [0.5, 0.6) is 0 Å². The van der Waals surface area contributed by atoms with Crippen molar-refractivity contribution in [3.8, 4) is 11.5 Å². The van der Waals surface area contributed by atoms with Gasteiger partial charge in [0.05, 0.1) is 16.3 Å². The zero-order valence-electron chi connectivity index (χ0n) is 13.2. The standard InChI is InChI=1S/C18H11Cl2N3O2S/c19-10-5-6-12(14(20)7-10)16(24)9-26-18-23-22-17(25-18)13-8-21-15-4-2-1-3-11(13)15/h1-8,21H,9H2. The molecule has 2 heterocycles. The number of aromatic nitrogens is 3. The van der Waals surface area contributed by atoms with Gasteiger partial charge in [-0.15, -0.1) is 10.2 Å². The zero-order valence-corrected chi connectivity index (χ0v) is 15.5. The summed E-state index contributed by atoms with van der Waals surface area (Å²) >= 11 is 13.1. The summed E-state index contributed by atoms with van der Waals surface area (Å²) in [5, 5.41) is 10.2. The normalized spacial score (nSPS) is 11.2. The van der Waals surface area contributed by atoms with Crippen LogP contribution in [0.2, 0.25) is 10.0 Å². The first-order valence-corrected chi connectivity index (χ1v) is 9.37. The number of H-pyrrole nitrogens is 1. The van der Waals surface area contributed by atoms with Crippen LogP contribution in [-0.4, -0.2) is 26.7 Å². The Kier molecular flexibility index (Phi) is 4.72. The Morgan fingerprint density at radius 2 is 2.00 bits per heavy atom. The van der Waals surface area contributed by atoms with Crippen molar-refractivity contribution in [2.24, 2.45) is 0 Å². The summed E-state index contributed by atoms with van der Waals surface area (Å²) in [7, 11) is 0. The molecule has 2 aromatic heterocycles. The van der Waals surface area contributed by atoms with Crippen molar-refractivity contribution in [2.45, 2.75) is 5.22 Å². The largest absolute Gasteiger partial charge is 0.411 e. The number of halogens is 2. The number of hydrogen-bond donors (Lipinski definition) is 1. The molecule has 4 rings (SSSR count). The number of nitrogens with zero attached hydrogens (tertiary/aromatic N) is 2. The van der Waals surface area contributed by atoms with E-state index in [2.05, 4.69) is 15.2 Å². The summed E-state index contributed by atoms with van der Waals surface area (Å²) in [6.45, 7) is 0. The lowest BCUT2D eigenvalue weighted by Crippen LogP contribution is -2.03. The van der Waals surface area contributed by atoms with E-state index in [1.54, 1.807) is 18.2 Å². The third-order valence-electron chi connectivity index (χ3n) is 3.78. The Morgan fingerprint density at radius 1 is 1.15 bits per heavy atom. The zero-order chi connectivity index (χ0) is 18.1. The highest BCUT2D eigenvalue weighted by molar-refractivity contribution is 7.99. The Bertz CT molecular complexity index is 1110. The van der Waals surface area contributed by atoms with Crippen molar-refractivity contribution in [1.82, 2.24) is 15.2 Å². The van der Waals surface area contributed by atoms with Crippen molar-refractivity contribution >= 4 is 51.6 Å². The van der Waals surface area contributed by atoms with Crippen molar-refractivity contribution in [2.75, 3.05) is 5.75 Å². The first-order valence-electron chi connectivity index (χ1n) is 7.63. The Labute approximate surface area is 162 Å². The van der Waals surface area contributed by atoms with Crippen LogP contribution >= 0.6 is 35.0 Å². The SMILES string of the molecule is O=C(CSc1nnc(-c2c[nH]c3ccccc23)o1)c1ccc(Cl)cc1Cl. The minimum Gasteiger partial charge on any atom is -0.411 e. The number of fused-ring (bicyclic) bond motifs is 1. The lowest BCUT2D eigenvalue weighted by atomic mass is 10.1. The maximum atomic E-state index is 12.3. The molecule has 0 aliphatic carbocycles. The summed E-state index contributed by atoms with van der Waals surface area (Å²) in [6, 6.07) is 12.6. The van der Waals surface area contributed by atoms with E-state index in [1.165, 1.54) is 11.8 Å². The highest BCUT2D eigenvalue weighted by atomic mass is 35.5. The number of carbonyl (C=O) groups excluding carboxylic acids is 1. The number of aromatic amines is 1. The van der Waals surface area contributed by atoms with Gasteiger partial charge in [-0.3, -0.25) is 4.79 Å². The number of rotatable bonds is 5. The molecular formula is C18H11Cl2N3O2S. The summed E-state index contributed by atoms with van der Waals surface area (Å²) in [5.74, 6) is 0.405. The van der Waals surface area contributed by atoms with Crippen LogP contribution in [0, 0.1) is 0 Å². The van der Waals surface area contributed by atoms with Gasteiger partial charge in [0.15, 0.2) is 5.78 Å². The highest BCUT2D eigenvalue weighted by Gasteiger charge is 2.16. The van der Waals surface area contributed by atoms with E-state index in [0.717, 1.165) is 16.5 Å². The van der Waals surface area contributed by atoms with E-state index in [1.807, 2.05) is 30.5 Å². The molecule has 0 radical (unpaired) electrons. The number of nitrogens with one attached hydrogen (secondary N) is 1.